The van der Waals surface area contributed by atoms with Crippen LogP contribution in [0.15, 0.2) is 48.8 Å². The number of aliphatic hydroxyl groups is 1. The molecule has 3 aromatic rings. The molecule has 0 bridgehead atoms. The van der Waals surface area contributed by atoms with Crippen LogP contribution < -0.4 is 15.5 Å². The van der Waals surface area contributed by atoms with Crippen molar-refractivity contribution in [2.45, 2.75) is 114 Å². The third-order valence-electron chi connectivity index (χ3n) is 12.3. The second kappa shape index (κ2) is 18.9. The molecule has 1 unspecified atom stereocenters. The molecule has 57 heavy (non-hydrogen) atoms. The highest BCUT2D eigenvalue weighted by Crippen LogP contribution is 2.43. The number of aliphatic hydroxyl groups excluding tert-OH is 1. The minimum Gasteiger partial charge on any atom is -0.387 e. The molecule has 2 saturated heterocycles. The Morgan fingerprint density at radius 1 is 0.947 bits per heavy atom. The fraction of sp³-hybridized carbons (Fsp3) is 0.545. The first-order valence-corrected chi connectivity index (χ1v) is 21.4. The Bertz CT molecular complexity index is 1920. The molecule has 304 valence electrons. The monoisotopic (exact) mass is 797 g/mol. The van der Waals surface area contributed by atoms with Gasteiger partial charge >= 0.3 is 0 Å². The quantitative estimate of drug-likeness (QED) is 0.114. The number of benzene rings is 2. The lowest BCUT2D eigenvalue weighted by Gasteiger charge is -2.38. The number of nitrogens with one attached hydrogen (secondary N) is 2. The highest BCUT2D eigenvalue weighted by atomic mass is 35.5. The van der Waals surface area contributed by atoms with Crippen molar-refractivity contribution in [2.24, 2.45) is 0 Å². The summed E-state index contributed by atoms with van der Waals surface area (Å²) in [5.41, 5.74) is 5.65. The van der Waals surface area contributed by atoms with E-state index in [9.17, 15) is 24.3 Å². The minimum absolute atomic E-state index is 0.114. The van der Waals surface area contributed by atoms with Gasteiger partial charge in [-0.1, -0.05) is 81.3 Å². The number of fused-ring (bicyclic) bond motifs is 2. The van der Waals surface area contributed by atoms with E-state index in [0.29, 0.717) is 62.7 Å². The van der Waals surface area contributed by atoms with Gasteiger partial charge in [0, 0.05) is 61.8 Å². The molecule has 12 nitrogen and oxygen atoms in total. The summed E-state index contributed by atoms with van der Waals surface area (Å²) in [5, 5.41) is 17.1. The van der Waals surface area contributed by atoms with Gasteiger partial charge in [0.2, 0.25) is 17.7 Å². The van der Waals surface area contributed by atoms with E-state index in [4.69, 9.17) is 11.6 Å². The molecule has 4 amide bonds. The second-order valence-corrected chi connectivity index (χ2v) is 16.6. The number of amides is 4. The zero-order valence-corrected chi connectivity index (χ0v) is 33.8. The third kappa shape index (κ3) is 9.50. The number of carbonyl (C=O) groups is 4. The van der Waals surface area contributed by atoms with E-state index in [0.717, 1.165) is 66.9 Å². The summed E-state index contributed by atoms with van der Waals surface area (Å²) >= 11 is 6.21. The fourth-order valence-corrected chi connectivity index (χ4v) is 9.24. The fourth-order valence-electron chi connectivity index (χ4n) is 9.11. The van der Waals surface area contributed by atoms with Crippen molar-refractivity contribution in [1.29, 1.82) is 0 Å². The van der Waals surface area contributed by atoms with Crippen molar-refractivity contribution < 1.29 is 24.3 Å². The van der Waals surface area contributed by atoms with Crippen molar-refractivity contribution >= 4 is 41.0 Å². The van der Waals surface area contributed by atoms with Crippen LogP contribution in [0.3, 0.4) is 0 Å². The van der Waals surface area contributed by atoms with Crippen LogP contribution >= 0.6 is 11.6 Å². The molecular weight excluding hydrogens is 742 g/mol. The molecule has 0 saturated carbocycles. The van der Waals surface area contributed by atoms with Crippen molar-refractivity contribution in [3.8, 4) is 0 Å². The number of hydrogen-bond acceptors (Lipinski definition) is 9. The van der Waals surface area contributed by atoms with Crippen molar-refractivity contribution in [3.05, 3.63) is 87.3 Å². The van der Waals surface area contributed by atoms with Crippen LogP contribution in [0.1, 0.15) is 134 Å². The number of unbranched alkanes of at least 4 members (excludes halogenated alkanes) is 7. The van der Waals surface area contributed by atoms with Gasteiger partial charge in [-0.2, -0.15) is 0 Å². The number of rotatable bonds is 17. The van der Waals surface area contributed by atoms with E-state index in [2.05, 4.69) is 38.5 Å². The van der Waals surface area contributed by atoms with Gasteiger partial charge in [-0.05, 0) is 79.5 Å². The Hall–Kier alpha value is -4.39. The van der Waals surface area contributed by atoms with Gasteiger partial charge in [-0.25, -0.2) is 9.97 Å². The molecule has 1 aliphatic carbocycles. The summed E-state index contributed by atoms with van der Waals surface area (Å²) in [4.78, 5) is 66.0. The lowest BCUT2D eigenvalue weighted by molar-refractivity contribution is -0.137. The predicted octanol–water partition coefficient (Wildman–Crippen LogP) is 5.82. The average molecular weight is 798 g/mol. The lowest BCUT2D eigenvalue weighted by atomic mass is 9.96. The van der Waals surface area contributed by atoms with Crippen molar-refractivity contribution in [2.75, 3.05) is 44.2 Å². The first-order chi connectivity index (χ1) is 27.7. The van der Waals surface area contributed by atoms with Crippen molar-refractivity contribution in [1.82, 2.24) is 30.4 Å². The summed E-state index contributed by atoms with van der Waals surface area (Å²) in [6.45, 7) is 6.56. The number of hydrogen-bond donors (Lipinski definition) is 3. The number of aromatic nitrogens is 2. The Balaban J connectivity index is 0.791. The zero-order chi connectivity index (χ0) is 39.9. The zero-order valence-electron chi connectivity index (χ0n) is 33.1. The largest absolute Gasteiger partial charge is 0.387 e. The minimum atomic E-state index is -0.584. The maximum absolute atomic E-state index is 14.0. The Morgan fingerprint density at radius 2 is 1.67 bits per heavy atom. The molecular formula is C44H56ClN7O5. The molecule has 2 fully saturated rings. The first-order valence-electron chi connectivity index (χ1n) is 21.0. The van der Waals surface area contributed by atoms with Crippen LogP contribution in [0.2, 0.25) is 5.02 Å². The van der Waals surface area contributed by atoms with Crippen LogP contribution in [0.25, 0.3) is 0 Å². The van der Waals surface area contributed by atoms with Crippen molar-refractivity contribution in [3.63, 3.8) is 0 Å². The molecule has 3 aliphatic heterocycles. The van der Waals surface area contributed by atoms with Gasteiger partial charge in [-0.15, -0.1) is 0 Å². The average Bonchev–Trinajstić information content (AvgIpc) is 3.71. The summed E-state index contributed by atoms with van der Waals surface area (Å²) in [5.74, 6) is 0.156. The molecule has 3 N–H and O–H groups in total. The molecule has 1 aromatic heterocycles. The van der Waals surface area contributed by atoms with Gasteiger partial charge in [0.05, 0.1) is 17.7 Å². The van der Waals surface area contributed by atoms with Gasteiger partial charge in [0.25, 0.3) is 5.91 Å². The van der Waals surface area contributed by atoms with E-state index >= 15 is 0 Å². The summed E-state index contributed by atoms with van der Waals surface area (Å²) < 4.78 is 0. The smallest absolute Gasteiger partial charge is 0.255 e. The van der Waals surface area contributed by atoms with E-state index in [1.165, 1.54) is 31.2 Å². The van der Waals surface area contributed by atoms with Crippen LogP contribution in [0.5, 0.6) is 0 Å². The van der Waals surface area contributed by atoms with E-state index in [1.807, 2.05) is 41.3 Å². The molecule has 0 radical (unpaired) electrons. The summed E-state index contributed by atoms with van der Waals surface area (Å²) in [7, 11) is 0. The normalized spacial score (nSPS) is 21.1. The molecule has 13 heteroatoms. The number of piperazine rings is 1. The standard InChI is InChI=1S/C44H56ClN7O5/c1-29-25-37(53)40-39(29)41(48-28-47-40)50-21-23-51(24-22-50)43(56)34(31-14-16-32(45)17-15-31)26-46-20-9-7-5-3-2-4-6-8-11-30-12-10-13-33-35(30)27-52(44(33)57)36-18-19-38(54)49-42(36)55/h10,12-17,28-29,34,36-37,46,53H,2-9,11,18-27H2,1H3,(H,49,54,55)/t29-,34-,36?,37-/m1/s1. The molecule has 4 aliphatic rings. The predicted molar refractivity (Wildman–Crippen MR) is 219 cm³/mol. The number of imide groups is 1. The molecule has 2 aromatic carbocycles. The number of nitrogens with zero attached hydrogens (tertiary/aromatic N) is 5. The highest BCUT2D eigenvalue weighted by molar-refractivity contribution is 6.30. The Labute approximate surface area is 340 Å². The Morgan fingerprint density at radius 3 is 2.40 bits per heavy atom. The molecule has 4 heterocycles. The van der Waals surface area contributed by atoms with Gasteiger partial charge in [-0.3, -0.25) is 24.5 Å². The van der Waals surface area contributed by atoms with Crippen LogP contribution in [-0.2, 0) is 27.3 Å². The number of piperidine rings is 1. The van der Waals surface area contributed by atoms with Gasteiger partial charge < -0.3 is 25.1 Å². The summed E-state index contributed by atoms with van der Waals surface area (Å²) in [6.07, 6.45) is 12.4. The lowest BCUT2D eigenvalue weighted by Crippen LogP contribution is -2.52. The highest BCUT2D eigenvalue weighted by Gasteiger charge is 2.40. The SMILES string of the molecule is C[C@@H]1C[C@@H](O)c2ncnc(N3CCN(C(=O)[C@H](CNCCCCCCCCCCc4cccc5c4CN(C4CCC(=O)NC4=O)C5=O)c4ccc(Cl)cc4)CC3)c21. The van der Waals surface area contributed by atoms with Crippen LogP contribution in [-0.4, -0.2) is 93.8 Å². The van der Waals surface area contributed by atoms with Crippen LogP contribution in [0, 0.1) is 0 Å². The van der Waals surface area contributed by atoms with Gasteiger partial charge in [0.15, 0.2) is 0 Å². The van der Waals surface area contributed by atoms with E-state index in [-0.39, 0.29) is 41.9 Å². The second-order valence-electron chi connectivity index (χ2n) is 16.2. The summed E-state index contributed by atoms with van der Waals surface area (Å²) in [6, 6.07) is 12.9. The van der Waals surface area contributed by atoms with Gasteiger partial charge in [0.1, 0.15) is 18.2 Å². The van der Waals surface area contributed by atoms with E-state index in [1.54, 1.807) is 11.2 Å². The molecule has 7 rings (SSSR count). The Kier molecular flexibility index (Phi) is 13.5. The van der Waals surface area contributed by atoms with Crippen LogP contribution in [0.4, 0.5) is 5.82 Å². The number of aryl methyl sites for hydroxylation is 1. The third-order valence-corrected chi connectivity index (χ3v) is 12.6. The number of anilines is 1. The topological polar surface area (TPSA) is 148 Å². The number of halogens is 1. The molecule has 4 atom stereocenters. The van der Waals surface area contributed by atoms with E-state index < -0.39 is 12.1 Å². The maximum Gasteiger partial charge on any atom is 0.255 e. The first kappa shape index (κ1) is 40.8. The maximum atomic E-state index is 14.0. The molecule has 0 spiro atoms. The number of carbonyl (C=O) groups excluding carboxylic acids is 4.